The summed E-state index contributed by atoms with van der Waals surface area (Å²) < 4.78 is 12.0. The topological polar surface area (TPSA) is 72.8 Å². The lowest BCUT2D eigenvalue weighted by atomic mass is 9.77. The zero-order valence-corrected chi connectivity index (χ0v) is 18.1. The molecule has 1 rings (SSSR count). The van der Waals surface area contributed by atoms with E-state index in [0.29, 0.717) is 6.42 Å². The largest absolute Gasteiger partial charge is 0.342 e. The summed E-state index contributed by atoms with van der Waals surface area (Å²) in [6, 6.07) is 0.138. The van der Waals surface area contributed by atoms with Gasteiger partial charge in [0, 0.05) is 17.1 Å². The summed E-state index contributed by atoms with van der Waals surface area (Å²) >= 11 is 0. The lowest BCUT2D eigenvalue weighted by molar-refractivity contribution is -0.0192. The number of unbranched alkanes of at least 4 members (excludes halogenated alkanes) is 5. The minimum Gasteiger partial charge on any atom is -0.323 e. The van der Waals surface area contributed by atoms with Crippen LogP contribution in [0.15, 0.2) is 0 Å². The van der Waals surface area contributed by atoms with Gasteiger partial charge in [-0.1, -0.05) is 45.4 Å². The highest BCUT2D eigenvalue weighted by atomic mass is 31.2. The van der Waals surface area contributed by atoms with Crippen LogP contribution in [0, 0.1) is 0 Å². The van der Waals surface area contributed by atoms with Gasteiger partial charge in [-0.25, -0.2) is 0 Å². The summed E-state index contributed by atoms with van der Waals surface area (Å²) in [4.78, 5) is 22.0. The molecule has 0 bridgehead atoms. The van der Waals surface area contributed by atoms with E-state index >= 15 is 0 Å². The fourth-order valence-electron chi connectivity index (χ4n) is 4.23. The van der Waals surface area contributed by atoms with Crippen LogP contribution in [0.1, 0.15) is 92.4 Å². The van der Waals surface area contributed by atoms with E-state index in [4.69, 9.17) is 0 Å². The van der Waals surface area contributed by atoms with E-state index in [2.05, 4.69) is 51.9 Å². The number of hydrogen-bond acceptors (Lipinski definition) is 3. The van der Waals surface area contributed by atoms with Crippen molar-refractivity contribution in [2.75, 3.05) is 7.05 Å². The van der Waals surface area contributed by atoms with Crippen molar-refractivity contribution in [3.8, 4) is 0 Å². The first-order valence-electron chi connectivity index (χ1n) is 9.95. The number of piperidine rings is 1. The molecule has 0 amide bonds. The van der Waals surface area contributed by atoms with Crippen molar-refractivity contribution in [1.82, 2.24) is 10.2 Å². The summed E-state index contributed by atoms with van der Waals surface area (Å²) in [5.41, 5.74) is 0.0258. The number of hydrogen-bond donors (Lipinski definition) is 3. The van der Waals surface area contributed by atoms with Gasteiger partial charge in [-0.2, -0.15) is 0 Å². The normalized spacial score (nSPS) is 22.9. The van der Waals surface area contributed by atoms with Gasteiger partial charge in [0.25, 0.3) is 0 Å². The second-order valence-corrected chi connectivity index (χ2v) is 10.9. The Hall–Kier alpha value is 0.0700. The molecule has 0 radical (unpaired) electrons. The molecule has 6 heteroatoms. The van der Waals surface area contributed by atoms with E-state index < -0.39 is 13.4 Å². The second-order valence-electron chi connectivity index (χ2n) is 9.12. The van der Waals surface area contributed by atoms with Crippen molar-refractivity contribution in [3.63, 3.8) is 0 Å². The molecule has 1 unspecified atom stereocenters. The first-order chi connectivity index (χ1) is 11.4. The lowest BCUT2D eigenvalue weighted by Gasteiger charge is -2.54. The Morgan fingerprint density at radius 2 is 1.52 bits per heavy atom. The van der Waals surface area contributed by atoms with Gasteiger partial charge in [0.05, 0.1) is 0 Å². The van der Waals surface area contributed by atoms with E-state index in [1.807, 2.05) is 0 Å². The standard InChI is InChI=1S/C19H41N2O3P/c1-7-8-9-10-11-12-13-17(25(22,23)24)20-16-14-18(2,3)21(6)19(4,5)15-16/h16-17,20H,7-15H2,1-6H3,(H2,22,23,24). The minimum absolute atomic E-state index is 0.0129. The molecule has 1 aliphatic rings. The Morgan fingerprint density at radius 1 is 1.04 bits per heavy atom. The third kappa shape index (κ3) is 7.30. The number of nitrogens with one attached hydrogen (secondary N) is 1. The molecule has 3 N–H and O–H groups in total. The lowest BCUT2D eigenvalue weighted by Crippen LogP contribution is -2.62. The first-order valence-corrected chi connectivity index (χ1v) is 11.6. The van der Waals surface area contributed by atoms with Crippen LogP contribution in [0.5, 0.6) is 0 Å². The third-order valence-electron chi connectivity index (χ3n) is 5.97. The molecule has 0 aromatic carbocycles. The van der Waals surface area contributed by atoms with Gasteiger partial charge in [0.1, 0.15) is 5.78 Å². The van der Waals surface area contributed by atoms with Crippen molar-refractivity contribution >= 4 is 7.60 Å². The first kappa shape index (κ1) is 23.1. The van der Waals surface area contributed by atoms with Gasteiger partial charge in [0.15, 0.2) is 0 Å². The maximum absolute atomic E-state index is 12.0. The summed E-state index contributed by atoms with van der Waals surface area (Å²) in [7, 11) is -1.98. The van der Waals surface area contributed by atoms with Crippen molar-refractivity contribution in [2.24, 2.45) is 0 Å². The van der Waals surface area contributed by atoms with Crippen molar-refractivity contribution in [3.05, 3.63) is 0 Å². The number of rotatable bonds is 10. The molecule has 5 nitrogen and oxygen atoms in total. The second kappa shape index (κ2) is 9.32. The number of likely N-dealkylation sites (tertiary alicyclic amines) is 1. The third-order valence-corrected chi connectivity index (χ3v) is 7.19. The highest BCUT2D eigenvalue weighted by molar-refractivity contribution is 7.52. The Morgan fingerprint density at radius 3 is 2.00 bits per heavy atom. The Bertz CT molecular complexity index is 430. The predicted molar refractivity (Wildman–Crippen MR) is 106 cm³/mol. The molecular weight excluding hydrogens is 335 g/mol. The smallest absolute Gasteiger partial charge is 0.323 e. The highest BCUT2D eigenvalue weighted by Crippen LogP contribution is 2.44. The predicted octanol–water partition coefficient (Wildman–Crippen LogP) is 4.48. The monoisotopic (exact) mass is 376 g/mol. The average Bonchev–Trinajstić information content (AvgIpc) is 2.45. The van der Waals surface area contributed by atoms with Crippen LogP contribution in [-0.4, -0.2) is 44.6 Å². The average molecular weight is 377 g/mol. The van der Waals surface area contributed by atoms with Crippen LogP contribution >= 0.6 is 7.60 Å². The van der Waals surface area contributed by atoms with Crippen LogP contribution in [0.2, 0.25) is 0 Å². The van der Waals surface area contributed by atoms with E-state index in [0.717, 1.165) is 32.1 Å². The maximum Gasteiger partial charge on any atom is 0.342 e. The quantitative estimate of drug-likeness (QED) is 0.387. The van der Waals surface area contributed by atoms with Crippen molar-refractivity contribution < 1.29 is 14.4 Å². The summed E-state index contributed by atoms with van der Waals surface area (Å²) in [5.74, 6) is -0.710. The molecule has 0 aromatic rings. The summed E-state index contributed by atoms with van der Waals surface area (Å²) in [6.07, 6.45) is 9.16. The van der Waals surface area contributed by atoms with Crippen LogP contribution in [0.4, 0.5) is 0 Å². The molecule has 1 aliphatic heterocycles. The summed E-state index contributed by atoms with van der Waals surface area (Å²) in [5, 5.41) is 3.34. The van der Waals surface area contributed by atoms with Crippen LogP contribution in [0.25, 0.3) is 0 Å². The van der Waals surface area contributed by atoms with Crippen molar-refractivity contribution in [2.45, 2.75) is 115 Å². The molecule has 1 heterocycles. The molecule has 0 spiro atoms. The zero-order valence-electron chi connectivity index (χ0n) is 17.2. The van der Waals surface area contributed by atoms with Gasteiger partial charge >= 0.3 is 7.60 Å². The molecule has 25 heavy (non-hydrogen) atoms. The van der Waals surface area contributed by atoms with Crippen LogP contribution in [-0.2, 0) is 4.57 Å². The molecule has 0 aromatic heterocycles. The Balaban J connectivity index is 2.62. The molecule has 1 saturated heterocycles. The van der Waals surface area contributed by atoms with Crippen LogP contribution < -0.4 is 5.32 Å². The van der Waals surface area contributed by atoms with Crippen molar-refractivity contribution in [1.29, 1.82) is 0 Å². The van der Waals surface area contributed by atoms with E-state index in [1.165, 1.54) is 19.3 Å². The van der Waals surface area contributed by atoms with Gasteiger partial charge < -0.3 is 15.1 Å². The Kier molecular flexibility index (Phi) is 8.62. The van der Waals surface area contributed by atoms with Gasteiger partial charge in [-0.15, -0.1) is 0 Å². The van der Waals surface area contributed by atoms with E-state index in [9.17, 15) is 14.4 Å². The molecule has 1 fully saturated rings. The molecule has 1 atom stereocenters. The minimum atomic E-state index is -4.13. The van der Waals surface area contributed by atoms with E-state index in [1.54, 1.807) is 0 Å². The molecule has 0 aliphatic carbocycles. The fraction of sp³-hybridized carbons (Fsp3) is 1.00. The Labute approximate surface area is 155 Å². The molecular formula is C19H41N2O3P. The summed E-state index contributed by atoms with van der Waals surface area (Å²) in [6.45, 7) is 11.0. The number of nitrogens with zero attached hydrogens (tertiary/aromatic N) is 1. The van der Waals surface area contributed by atoms with E-state index in [-0.39, 0.29) is 17.1 Å². The maximum atomic E-state index is 12.0. The fourth-order valence-corrected chi connectivity index (χ4v) is 5.15. The zero-order chi connectivity index (χ0) is 19.3. The molecule has 0 saturated carbocycles. The van der Waals surface area contributed by atoms with Crippen LogP contribution in [0.3, 0.4) is 0 Å². The highest BCUT2D eigenvalue weighted by Gasteiger charge is 2.44. The van der Waals surface area contributed by atoms with Gasteiger partial charge in [0.2, 0.25) is 0 Å². The molecule has 150 valence electrons. The van der Waals surface area contributed by atoms with Gasteiger partial charge in [-0.3, -0.25) is 9.46 Å². The SMILES string of the molecule is CCCCCCCCC(NC1CC(C)(C)N(C)C(C)(C)C1)P(=O)(O)O. The van der Waals surface area contributed by atoms with Gasteiger partial charge in [-0.05, 0) is 54.0 Å².